The summed E-state index contributed by atoms with van der Waals surface area (Å²) in [6.45, 7) is 8.45. The Hall–Kier alpha value is -1.35. The molecule has 106 valence electrons. The van der Waals surface area contributed by atoms with Crippen LogP contribution in [-0.2, 0) is 10.2 Å². The molecular formula is C16H26N2O. The average molecular weight is 262 g/mol. The van der Waals surface area contributed by atoms with Crippen LogP contribution in [0, 0.1) is 0 Å². The van der Waals surface area contributed by atoms with Gasteiger partial charge in [0, 0.05) is 25.6 Å². The van der Waals surface area contributed by atoms with Gasteiger partial charge in [0.15, 0.2) is 0 Å². The minimum absolute atomic E-state index is 0.0257. The minimum atomic E-state index is -0.173. The van der Waals surface area contributed by atoms with Gasteiger partial charge in [0.1, 0.15) is 0 Å². The van der Waals surface area contributed by atoms with Gasteiger partial charge < -0.3 is 10.2 Å². The first-order chi connectivity index (χ1) is 8.76. The van der Waals surface area contributed by atoms with Crippen LogP contribution in [0.1, 0.15) is 33.3 Å². The van der Waals surface area contributed by atoms with Crippen LogP contribution in [-0.4, -0.2) is 37.0 Å². The van der Waals surface area contributed by atoms with E-state index in [2.05, 4.69) is 50.4 Å². The highest BCUT2D eigenvalue weighted by atomic mass is 16.2. The normalized spacial score (nSPS) is 14.8. The SMILES string of the molecule is C[C@H](N[C@H](C)C(C)(C)c1ccccc1)C(=O)N(C)C. The topological polar surface area (TPSA) is 32.3 Å². The van der Waals surface area contributed by atoms with Crippen molar-refractivity contribution in [3.8, 4) is 0 Å². The number of amides is 1. The van der Waals surface area contributed by atoms with E-state index in [0.717, 1.165) is 0 Å². The molecular weight excluding hydrogens is 236 g/mol. The standard InChI is InChI=1S/C16H26N2O/c1-12(15(19)18(5)6)17-13(2)16(3,4)14-10-8-7-9-11-14/h7-13,17H,1-6H3/t12-,13+/m0/s1. The van der Waals surface area contributed by atoms with Gasteiger partial charge in [0.05, 0.1) is 6.04 Å². The molecule has 0 saturated heterocycles. The van der Waals surface area contributed by atoms with E-state index in [9.17, 15) is 4.79 Å². The summed E-state index contributed by atoms with van der Waals surface area (Å²) in [5, 5.41) is 3.41. The Balaban J connectivity index is 2.77. The Morgan fingerprint density at radius 2 is 1.68 bits per heavy atom. The van der Waals surface area contributed by atoms with Gasteiger partial charge in [-0.05, 0) is 19.4 Å². The van der Waals surface area contributed by atoms with E-state index in [-0.39, 0.29) is 23.4 Å². The number of carbonyl (C=O) groups is 1. The van der Waals surface area contributed by atoms with E-state index in [4.69, 9.17) is 0 Å². The molecule has 0 unspecified atom stereocenters. The fourth-order valence-corrected chi connectivity index (χ4v) is 2.16. The lowest BCUT2D eigenvalue weighted by molar-refractivity contribution is -0.130. The first-order valence-electron chi connectivity index (χ1n) is 6.79. The van der Waals surface area contributed by atoms with E-state index in [0.29, 0.717) is 0 Å². The molecule has 0 bridgehead atoms. The number of likely N-dealkylation sites (N-methyl/N-ethyl adjacent to an activating group) is 1. The van der Waals surface area contributed by atoms with Gasteiger partial charge in [-0.3, -0.25) is 4.79 Å². The van der Waals surface area contributed by atoms with Crippen molar-refractivity contribution in [2.45, 2.75) is 45.2 Å². The second-order valence-electron chi connectivity index (χ2n) is 5.93. The van der Waals surface area contributed by atoms with Crippen molar-refractivity contribution < 1.29 is 4.79 Å². The second-order valence-corrected chi connectivity index (χ2v) is 5.93. The van der Waals surface area contributed by atoms with Gasteiger partial charge in [-0.15, -0.1) is 0 Å². The van der Waals surface area contributed by atoms with Crippen molar-refractivity contribution in [3.05, 3.63) is 35.9 Å². The molecule has 0 heterocycles. The van der Waals surface area contributed by atoms with Crippen molar-refractivity contribution in [2.24, 2.45) is 0 Å². The molecule has 1 N–H and O–H groups in total. The maximum atomic E-state index is 11.9. The molecule has 1 amide bonds. The highest BCUT2D eigenvalue weighted by molar-refractivity contribution is 5.80. The highest BCUT2D eigenvalue weighted by Crippen LogP contribution is 2.27. The van der Waals surface area contributed by atoms with Crippen molar-refractivity contribution in [1.82, 2.24) is 10.2 Å². The van der Waals surface area contributed by atoms with Crippen LogP contribution in [0.4, 0.5) is 0 Å². The average Bonchev–Trinajstić information content (AvgIpc) is 2.38. The van der Waals surface area contributed by atoms with Crippen molar-refractivity contribution in [1.29, 1.82) is 0 Å². The summed E-state index contributed by atoms with van der Waals surface area (Å²) in [6.07, 6.45) is 0. The van der Waals surface area contributed by atoms with Crippen LogP contribution in [0.3, 0.4) is 0 Å². The molecule has 3 heteroatoms. The Kier molecular flexibility index (Phi) is 5.12. The summed E-state index contributed by atoms with van der Waals surface area (Å²) in [6, 6.07) is 10.4. The maximum Gasteiger partial charge on any atom is 0.238 e. The van der Waals surface area contributed by atoms with Gasteiger partial charge in [0.25, 0.3) is 0 Å². The van der Waals surface area contributed by atoms with Crippen molar-refractivity contribution in [2.75, 3.05) is 14.1 Å². The van der Waals surface area contributed by atoms with Gasteiger partial charge in [-0.25, -0.2) is 0 Å². The van der Waals surface area contributed by atoms with Crippen LogP contribution >= 0.6 is 0 Å². The van der Waals surface area contributed by atoms with Gasteiger partial charge >= 0.3 is 0 Å². The Morgan fingerprint density at radius 1 is 1.16 bits per heavy atom. The molecule has 0 aliphatic heterocycles. The van der Waals surface area contributed by atoms with Gasteiger partial charge in [-0.2, -0.15) is 0 Å². The molecule has 2 atom stereocenters. The fourth-order valence-electron chi connectivity index (χ4n) is 2.16. The summed E-state index contributed by atoms with van der Waals surface area (Å²) in [7, 11) is 3.57. The molecule has 3 nitrogen and oxygen atoms in total. The molecule has 0 aromatic heterocycles. The number of carbonyl (C=O) groups excluding carboxylic acids is 1. The molecule has 0 fully saturated rings. The third-order valence-corrected chi connectivity index (χ3v) is 3.91. The summed E-state index contributed by atoms with van der Waals surface area (Å²) >= 11 is 0. The van der Waals surface area contributed by atoms with Crippen LogP contribution in [0.2, 0.25) is 0 Å². The summed E-state index contributed by atoms with van der Waals surface area (Å²) in [5.41, 5.74) is 1.25. The van der Waals surface area contributed by atoms with E-state index in [1.165, 1.54) is 5.56 Å². The second kappa shape index (κ2) is 6.20. The number of nitrogens with zero attached hydrogens (tertiary/aromatic N) is 1. The van der Waals surface area contributed by atoms with Gasteiger partial charge in [0.2, 0.25) is 5.91 Å². The fraction of sp³-hybridized carbons (Fsp3) is 0.562. The quantitative estimate of drug-likeness (QED) is 0.884. The number of hydrogen-bond acceptors (Lipinski definition) is 2. The zero-order valence-corrected chi connectivity index (χ0v) is 12.9. The maximum absolute atomic E-state index is 11.9. The van der Waals surface area contributed by atoms with Crippen LogP contribution < -0.4 is 5.32 Å². The molecule has 0 radical (unpaired) electrons. The molecule has 1 aromatic rings. The molecule has 1 aromatic carbocycles. The zero-order valence-electron chi connectivity index (χ0n) is 12.9. The molecule has 1 rings (SSSR count). The van der Waals surface area contributed by atoms with Crippen molar-refractivity contribution in [3.63, 3.8) is 0 Å². The Labute approximate surface area is 117 Å². The lowest BCUT2D eigenvalue weighted by Gasteiger charge is -2.35. The number of nitrogens with one attached hydrogen (secondary N) is 1. The zero-order chi connectivity index (χ0) is 14.6. The third kappa shape index (κ3) is 3.80. The van der Waals surface area contributed by atoms with Crippen LogP contribution in [0.25, 0.3) is 0 Å². The van der Waals surface area contributed by atoms with E-state index in [1.807, 2.05) is 13.0 Å². The van der Waals surface area contributed by atoms with Crippen LogP contribution in [0.15, 0.2) is 30.3 Å². The lowest BCUT2D eigenvalue weighted by atomic mass is 9.78. The van der Waals surface area contributed by atoms with Gasteiger partial charge in [-0.1, -0.05) is 44.2 Å². The molecule has 0 aliphatic rings. The molecule has 0 aliphatic carbocycles. The summed E-state index contributed by atoms with van der Waals surface area (Å²) in [4.78, 5) is 13.5. The largest absolute Gasteiger partial charge is 0.347 e. The van der Waals surface area contributed by atoms with E-state index < -0.39 is 0 Å². The predicted molar refractivity (Wildman–Crippen MR) is 80.2 cm³/mol. The van der Waals surface area contributed by atoms with E-state index in [1.54, 1.807) is 19.0 Å². The summed E-state index contributed by atoms with van der Waals surface area (Å²) < 4.78 is 0. The molecule has 0 spiro atoms. The third-order valence-electron chi connectivity index (χ3n) is 3.91. The van der Waals surface area contributed by atoms with Crippen molar-refractivity contribution >= 4 is 5.91 Å². The first kappa shape index (κ1) is 15.7. The summed E-state index contributed by atoms with van der Waals surface area (Å²) in [5.74, 6) is 0.107. The lowest BCUT2D eigenvalue weighted by Crippen LogP contribution is -2.51. The smallest absolute Gasteiger partial charge is 0.238 e. The van der Waals surface area contributed by atoms with Crippen LogP contribution in [0.5, 0.6) is 0 Å². The number of benzene rings is 1. The highest BCUT2D eigenvalue weighted by Gasteiger charge is 2.30. The first-order valence-corrected chi connectivity index (χ1v) is 6.79. The minimum Gasteiger partial charge on any atom is -0.347 e. The number of hydrogen-bond donors (Lipinski definition) is 1. The number of rotatable bonds is 5. The molecule has 19 heavy (non-hydrogen) atoms. The predicted octanol–water partition coefficient (Wildman–Crippen LogP) is 2.42. The molecule has 0 saturated carbocycles. The Morgan fingerprint density at radius 3 is 2.16 bits per heavy atom. The Bertz CT molecular complexity index is 412. The monoisotopic (exact) mass is 262 g/mol. The van der Waals surface area contributed by atoms with E-state index >= 15 is 0 Å².